The van der Waals surface area contributed by atoms with Crippen molar-refractivity contribution in [1.29, 1.82) is 0 Å². The molecule has 3 heteroatoms. The average Bonchev–Trinajstić information content (AvgIpc) is 2.29. The van der Waals surface area contributed by atoms with Crippen molar-refractivity contribution < 1.29 is 0 Å². The monoisotopic (exact) mass is 221 g/mol. The van der Waals surface area contributed by atoms with Gasteiger partial charge in [-0.2, -0.15) is 0 Å². The molecule has 0 saturated heterocycles. The molecule has 1 heterocycles. The molecule has 1 aromatic rings. The zero-order valence-electron chi connectivity index (χ0n) is 10.8. The third kappa shape index (κ3) is 3.40. The summed E-state index contributed by atoms with van der Waals surface area (Å²) in [5, 5.41) is 3.24. The normalized spacial score (nSPS) is 12.2. The fourth-order valence-electron chi connectivity index (χ4n) is 1.78. The van der Waals surface area contributed by atoms with Gasteiger partial charge in [0.2, 0.25) is 0 Å². The molecule has 1 rings (SSSR count). The summed E-state index contributed by atoms with van der Waals surface area (Å²) in [7, 11) is 2.14. The maximum atomic E-state index is 4.28. The van der Waals surface area contributed by atoms with Gasteiger partial charge in [-0.15, -0.1) is 0 Å². The van der Waals surface area contributed by atoms with Crippen molar-refractivity contribution in [3.63, 3.8) is 0 Å². The van der Waals surface area contributed by atoms with Crippen molar-refractivity contribution in [3.8, 4) is 0 Å². The van der Waals surface area contributed by atoms with E-state index in [0.29, 0.717) is 6.04 Å². The second-order valence-corrected chi connectivity index (χ2v) is 4.18. The number of anilines is 2. The summed E-state index contributed by atoms with van der Waals surface area (Å²) < 4.78 is 0. The van der Waals surface area contributed by atoms with Gasteiger partial charge >= 0.3 is 0 Å². The van der Waals surface area contributed by atoms with Crippen molar-refractivity contribution in [2.45, 2.75) is 39.7 Å². The number of aromatic nitrogens is 1. The molecule has 1 unspecified atom stereocenters. The predicted octanol–water partition coefficient (Wildman–Crippen LogP) is 3.14. The lowest BCUT2D eigenvalue weighted by atomic mass is 10.1. The van der Waals surface area contributed by atoms with Gasteiger partial charge in [-0.3, -0.25) is 0 Å². The largest absolute Gasteiger partial charge is 0.372 e. The van der Waals surface area contributed by atoms with Crippen LogP contribution in [0.5, 0.6) is 0 Å². The van der Waals surface area contributed by atoms with E-state index in [1.807, 2.05) is 6.20 Å². The van der Waals surface area contributed by atoms with Crippen molar-refractivity contribution >= 4 is 11.5 Å². The molecule has 1 atom stereocenters. The van der Waals surface area contributed by atoms with Crippen LogP contribution >= 0.6 is 0 Å². The molecular weight excluding hydrogens is 198 g/mol. The molecule has 3 nitrogen and oxygen atoms in total. The highest BCUT2D eigenvalue weighted by Crippen LogP contribution is 2.19. The lowest BCUT2D eigenvalue weighted by Gasteiger charge is -2.27. The third-order valence-electron chi connectivity index (χ3n) is 2.88. The molecular formula is C13H23N3. The summed E-state index contributed by atoms with van der Waals surface area (Å²) in [6, 6.07) is 4.74. The minimum atomic E-state index is 0.571. The highest BCUT2D eigenvalue weighted by molar-refractivity contribution is 5.53. The van der Waals surface area contributed by atoms with E-state index in [1.54, 1.807) is 0 Å². The Bertz CT molecular complexity index is 312. The standard InChI is InChI=1S/C13H23N3/c1-5-7-11(3)16(4)12-8-9-15-13(10-12)14-6-2/h8-11H,5-7H2,1-4H3,(H,14,15). The fraction of sp³-hybridized carbons (Fsp3) is 0.615. The molecule has 0 fully saturated rings. The molecule has 0 aliphatic carbocycles. The van der Waals surface area contributed by atoms with Gasteiger partial charge in [0.05, 0.1) is 0 Å². The number of rotatable bonds is 6. The van der Waals surface area contributed by atoms with Gasteiger partial charge in [0.1, 0.15) is 5.82 Å². The molecule has 0 aliphatic rings. The van der Waals surface area contributed by atoms with E-state index in [-0.39, 0.29) is 0 Å². The summed E-state index contributed by atoms with van der Waals surface area (Å²) >= 11 is 0. The van der Waals surface area contributed by atoms with Gasteiger partial charge in [-0.1, -0.05) is 13.3 Å². The van der Waals surface area contributed by atoms with Crippen LogP contribution in [0.2, 0.25) is 0 Å². The lowest BCUT2D eigenvalue weighted by molar-refractivity contribution is 0.616. The molecule has 0 aliphatic heterocycles. The molecule has 0 spiro atoms. The SMILES string of the molecule is CCCC(C)N(C)c1ccnc(NCC)c1. The van der Waals surface area contributed by atoms with E-state index < -0.39 is 0 Å². The first kappa shape index (κ1) is 12.8. The minimum Gasteiger partial charge on any atom is -0.372 e. The number of nitrogens with one attached hydrogen (secondary N) is 1. The maximum absolute atomic E-state index is 4.28. The second kappa shape index (κ2) is 6.36. The van der Waals surface area contributed by atoms with E-state index in [0.717, 1.165) is 12.4 Å². The van der Waals surface area contributed by atoms with Crippen molar-refractivity contribution in [3.05, 3.63) is 18.3 Å². The van der Waals surface area contributed by atoms with Crippen LogP contribution in [0.1, 0.15) is 33.6 Å². The Labute approximate surface area is 98.9 Å². The highest BCUT2D eigenvalue weighted by atomic mass is 15.1. The summed E-state index contributed by atoms with van der Waals surface area (Å²) in [5.74, 6) is 0.954. The molecule has 0 aromatic carbocycles. The van der Waals surface area contributed by atoms with E-state index in [1.165, 1.54) is 18.5 Å². The Hall–Kier alpha value is -1.25. The van der Waals surface area contributed by atoms with Crippen LogP contribution in [-0.4, -0.2) is 24.6 Å². The Kier molecular flexibility index (Phi) is 5.09. The molecule has 0 radical (unpaired) electrons. The van der Waals surface area contributed by atoms with E-state index >= 15 is 0 Å². The molecule has 1 N–H and O–H groups in total. The fourth-order valence-corrected chi connectivity index (χ4v) is 1.78. The number of hydrogen-bond acceptors (Lipinski definition) is 3. The first-order valence-electron chi connectivity index (χ1n) is 6.11. The maximum Gasteiger partial charge on any atom is 0.127 e. The topological polar surface area (TPSA) is 28.2 Å². The highest BCUT2D eigenvalue weighted by Gasteiger charge is 2.09. The third-order valence-corrected chi connectivity index (χ3v) is 2.88. The molecule has 0 saturated carbocycles. The summed E-state index contributed by atoms with van der Waals surface area (Å²) in [4.78, 5) is 6.59. The van der Waals surface area contributed by atoms with E-state index in [4.69, 9.17) is 0 Å². The molecule has 0 bridgehead atoms. The summed E-state index contributed by atoms with van der Waals surface area (Å²) in [5.41, 5.74) is 1.23. The Morgan fingerprint density at radius 2 is 2.19 bits per heavy atom. The molecule has 90 valence electrons. The Balaban J connectivity index is 2.74. The van der Waals surface area contributed by atoms with Crippen LogP contribution < -0.4 is 10.2 Å². The number of nitrogens with zero attached hydrogens (tertiary/aromatic N) is 2. The smallest absolute Gasteiger partial charge is 0.127 e. The van der Waals surface area contributed by atoms with Gasteiger partial charge in [0.25, 0.3) is 0 Å². The van der Waals surface area contributed by atoms with Gasteiger partial charge in [-0.05, 0) is 26.3 Å². The quantitative estimate of drug-likeness (QED) is 0.800. The summed E-state index contributed by atoms with van der Waals surface area (Å²) in [6.45, 7) is 7.47. The Morgan fingerprint density at radius 3 is 2.81 bits per heavy atom. The van der Waals surface area contributed by atoms with E-state index in [2.05, 4.69) is 55.2 Å². The number of pyridine rings is 1. The van der Waals surface area contributed by atoms with Crippen LogP contribution in [0.4, 0.5) is 11.5 Å². The average molecular weight is 221 g/mol. The predicted molar refractivity (Wildman–Crippen MR) is 71.2 cm³/mol. The first-order chi connectivity index (χ1) is 7.69. The zero-order valence-corrected chi connectivity index (χ0v) is 10.8. The van der Waals surface area contributed by atoms with Crippen LogP contribution in [0, 0.1) is 0 Å². The molecule has 0 amide bonds. The van der Waals surface area contributed by atoms with Crippen molar-refractivity contribution in [1.82, 2.24) is 4.98 Å². The minimum absolute atomic E-state index is 0.571. The summed E-state index contributed by atoms with van der Waals surface area (Å²) in [6.07, 6.45) is 4.30. The lowest BCUT2D eigenvalue weighted by Crippen LogP contribution is -2.28. The zero-order chi connectivity index (χ0) is 12.0. The van der Waals surface area contributed by atoms with Crippen molar-refractivity contribution in [2.24, 2.45) is 0 Å². The molecule has 1 aromatic heterocycles. The molecule has 16 heavy (non-hydrogen) atoms. The van der Waals surface area contributed by atoms with Crippen LogP contribution in [0.3, 0.4) is 0 Å². The van der Waals surface area contributed by atoms with Gasteiger partial charge < -0.3 is 10.2 Å². The van der Waals surface area contributed by atoms with Gasteiger partial charge in [0, 0.05) is 37.6 Å². The van der Waals surface area contributed by atoms with E-state index in [9.17, 15) is 0 Å². The van der Waals surface area contributed by atoms with Crippen LogP contribution in [0.25, 0.3) is 0 Å². The Morgan fingerprint density at radius 1 is 1.44 bits per heavy atom. The van der Waals surface area contributed by atoms with Crippen LogP contribution in [-0.2, 0) is 0 Å². The van der Waals surface area contributed by atoms with Crippen LogP contribution in [0.15, 0.2) is 18.3 Å². The van der Waals surface area contributed by atoms with Crippen molar-refractivity contribution in [2.75, 3.05) is 23.8 Å². The second-order valence-electron chi connectivity index (χ2n) is 4.18. The van der Waals surface area contributed by atoms with Gasteiger partial charge in [-0.25, -0.2) is 4.98 Å². The van der Waals surface area contributed by atoms with Gasteiger partial charge in [0.15, 0.2) is 0 Å². The first-order valence-corrected chi connectivity index (χ1v) is 6.11. The number of hydrogen-bond donors (Lipinski definition) is 1.